The lowest BCUT2D eigenvalue weighted by atomic mass is 10.1. The largest absolute Gasteiger partial charge is 0.328 e. The molecule has 2 aromatic carbocycles. The van der Waals surface area contributed by atoms with Gasteiger partial charge in [0.2, 0.25) is 0 Å². The average molecular weight is 338 g/mol. The van der Waals surface area contributed by atoms with E-state index in [1.807, 2.05) is 37.3 Å². The minimum atomic E-state index is -0.806. The molecule has 0 saturated carbocycles. The van der Waals surface area contributed by atoms with Crippen LogP contribution in [0.1, 0.15) is 21.5 Å². The lowest BCUT2D eigenvalue weighted by Gasteiger charge is -2.08. The van der Waals surface area contributed by atoms with Gasteiger partial charge in [-0.25, -0.2) is 8.78 Å². The number of hydrogen-bond acceptors (Lipinski definition) is 1. The van der Waals surface area contributed by atoms with E-state index >= 15 is 0 Å². The Kier molecular flexibility index (Phi) is 4.84. The highest BCUT2D eigenvalue weighted by molar-refractivity contribution is 5.94. The third kappa shape index (κ3) is 4.26. The summed E-state index contributed by atoms with van der Waals surface area (Å²) in [5.41, 5.74) is 2.51. The van der Waals surface area contributed by atoms with Crippen molar-refractivity contribution in [3.63, 3.8) is 0 Å². The average Bonchev–Trinajstić information content (AvgIpc) is 2.58. The molecule has 0 radical (unpaired) electrons. The molecule has 0 spiro atoms. The van der Waals surface area contributed by atoms with Gasteiger partial charge in [0.25, 0.3) is 5.91 Å². The summed E-state index contributed by atoms with van der Waals surface area (Å²) in [5.74, 6) is -2.31. The van der Waals surface area contributed by atoms with E-state index in [1.54, 1.807) is 22.9 Å². The van der Waals surface area contributed by atoms with E-state index in [0.29, 0.717) is 12.0 Å². The number of halogens is 2. The fraction of sp³-hybridized carbons (Fsp3) is 0.100. The molecule has 5 heteroatoms. The number of nitrogens with zero attached hydrogens (tertiary/aromatic N) is 2. The maximum atomic E-state index is 13.3. The van der Waals surface area contributed by atoms with E-state index in [4.69, 9.17) is 0 Å². The second-order valence-corrected chi connectivity index (χ2v) is 5.75. The highest BCUT2D eigenvalue weighted by atomic mass is 19.1. The number of hydrogen-bond donors (Lipinski definition) is 0. The van der Waals surface area contributed by atoms with Crippen LogP contribution in [0, 0.1) is 18.6 Å². The van der Waals surface area contributed by atoms with Gasteiger partial charge in [-0.1, -0.05) is 35.9 Å². The van der Waals surface area contributed by atoms with Crippen LogP contribution in [0.3, 0.4) is 0 Å². The van der Waals surface area contributed by atoms with Crippen molar-refractivity contribution in [3.8, 4) is 0 Å². The monoisotopic (exact) mass is 338 g/mol. The van der Waals surface area contributed by atoms with Crippen LogP contribution in [-0.2, 0) is 6.54 Å². The molecule has 3 aromatic rings. The van der Waals surface area contributed by atoms with E-state index in [2.05, 4.69) is 4.99 Å². The lowest BCUT2D eigenvalue weighted by Crippen LogP contribution is -2.22. The Bertz CT molecular complexity index is 955. The molecule has 0 fully saturated rings. The minimum absolute atomic E-state index is 0.122. The number of rotatable bonds is 3. The van der Waals surface area contributed by atoms with Crippen molar-refractivity contribution in [2.24, 2.45) is 4.99 Å². The lowest BCUT2D eigenvalue weighted by molar-refractivity contribution is 0.0996. The highest BCUT2D eigenvalue weighted by Crippen LogP contribution is 2.09. The Labute approximate surface area is 143 Å². The molecule has 0 atom stereocenters. The number of benzene rings is 2. The first-order chi connectivity index (χ1) is 12.0. The Hall–Kier alpha value is -3.08. The summed E-state index contributed by atoms with van der Waals surface area (Å²) in [6.45, 7) is 2.54. The Balaban J connectivity index is 1.95. The van der Waals surface area contributed by atoms with Crippen LogP contribution in [0.15, 0.2) is 71.9 Å². The zero-order chi connectivity index (χ0) is 17.8. The van der Waals surface area contributed by atoms with Crippen LogP contribution in [0.5, 0.6) is 0 Å². The third-order valence-corrected chi connectivity index (χ3v) is 3.72. The first-order valence-corrected chi connectivity index (χ1v) is 7.77. The standard InChI is InChI=1S/C20H16F2N2O/c1-14-5-7-15(8-6-14)13-24-9-3-2-4-19(24)23-20(25)16-10-17(21)12-18(22)11-16/h2-12H,13H2,1H3. The summed E-state index contributed by atoms with van der Waals surface area (Å²) >= 11 is 0. The molecule has 3 nitrogen and oxygen atoms in total. The van der Waals surface area contributed by atoms with Gasteiger partial charge in [-0.15, -0.1) is 0 Å². The van der Waals surface area contributed by atoms with Gasteiger partial charge in [0.05, 0.1) is 0 Å². The molecule has 1 aromatic heterocycles. The number of pyridine rings is 1. The van der Waals surface area contributed by atoms with Crippen molar-refractivity contribution in [1.29, 1.82) is 0 Å². The molecule has 0 aliphatic carbocycles. The van der Waals surface area contributed by atoms with Crippen LogP contribution in [0.4, 0.5) is 8.78 Å². The molecule has 0 aliphatic rings. The highest BCUT2D eigenvalue weighted by Gasteiger charge is 2.08. The summed E-state index contributed by atoms with van der Waals surface area (Å²) in [4.78, 5) is 16.3. The van der Waals surface area contributed by atoms with Gasteiger partial charge >= 0.3 is 0 Å². The number of amides is 1. The van der Waals surface area contributed by atoms with Crippen molar-refractivity contribution < 1.29 is 13.6 Å². The van der Waals surface area contributed by atoms with Gasteiger partial charge in [0, 0.05) is 24.4 Å². The fourth-order valence-corrected chi connectivity index (χ4v) is 2.44. The number of aromatic nitrogens is 1. The van der Waals surface area contributed by atoms with Crippen molar-refractivity contribution in [3.05, 3.63) is 101 Å². The van der Waals surface area contributed by atoms with Crippen molar-refractivity contribution >= 4 is 5.91 Å². The molecule has 3 rings (SSSR count). The summed E-state index contributed by atoms with van der Waals surface area (Å²) < 4.78 is 28.4. The molecule has 126 valence electrons. The molecule has 0 aliphatic heterocycles. The quantitative estimate of drug-likeness (QED) is 0.714. The molecule has 1 amide bonds. The Morgan fingerprint density at radius 2 is 1.68 bits per heavy atom. The van der Waals surface area contributed by atoms with E-state index in [0.717, 1.165) is 29.3 Å². The molecular weight excluding hydrogens is 322 g/mol. The van der Waals surface area contributed by atoms with Crippen molar-refractivity contribution in [2.45, 2.75) is 13.5 Å². The fourth-order valence-electron chi connectivity index (χ4n) is 2.44. The Morgan fingerprint density at radius 1 is 1.00 bits per heavy atom. The molecule has 0 bridgehead atoms. The molecule has 1 heterocycles. The van der Waals surface area contributed by atoms with Crippen LogP contribution >= 0.6 is 0 Å². The van der Waals surface area contributed by atoms with Crippen LogP contribution in [0.25, 0.3) is 0 Å². The smallest absolute Gasteiger partial charge is 0.279 e. The van der Waals surface area contributed by atoms with Crippen LogP contribution in [0.2, 0.25) is 0 Å². The van der Waals surface area contributed by atoms with E-state index < -0.39 is 17.5 Å². The first kappa shape index (κ1) is 16.8. The Morgan fingerprint density at radius 3 is 2.36 bits per heavy atom. The van der Waals surface area contributed by atoms with Crippen LogP contribution in [-0.4, -0.2) is 10.5 Å². The van der Waals surface area contributed by atoms with E-state index in [-0.39, 0.29) is 5.56 Å². The van der Waals surface area contributed by atoms with E-state index in [1.165, 1.54) is 0 Å². The number of carbonyl (C=O) groups is 1. The SMILES string of the molecule is Cc1ccc(Cn2ccccc2=NC(=O)c2cc(F)cc(F)c2)cc1. The molecule has 0 unspecified atom stereocenters. The first-order valence-electron chi connectivity index (χ1n) is 7.77. The van der Waals surface area contributed by atoms with Crippen molar-refractivity contribution in [2.75, 3.05) is 0 Å². The van der Waals surface area contributed by atoms with Gasteiger partial charge in [-0.2, -0.15) is 4.99 Å². The topological polar surface area (TPSA) is 34.4 Å². The molecule has 0 saturated heterocycles. The summed E-state index contributed by atoms with van der Waals surface area (Å²) in [6.07, 6.45) is 1.80. The van der Waals surface area contributed by atoms with Gasteiger partial charge in [-0.3, -0.25) is 4.79 Å². The normalized spacial score (nSPS) is 11.6. The third-order valence-electron chi connectivity index (χ3n) is 3.72. The zero-order valence-electron chi connectivity index (χ0n) is 13.6. The summed E-state index contributed by atoms with van der Waals surface area (Å²) in [6, 6.07) is 16.0. The predicted octanol–water partition coefficient (Wildman–Crippen LogP) is 3.86. The van der Waals surface area contributed by atoms with Crippen LogP contribution < -0.4 is 5.49 Å². The summed E-state index contributed by atoms with van der Waals surface area (Å²) in [7, 11) is 0. The van der Waals surface area contributed by atoms with Gasteiger partial charge in [0.1, 0.15) is 17.1 Å². The second kappa shape index (κ2) is 7.21. The van der Waals surface area contributed by atoms with Gasteiger partial charge in [-0.05, 0) is 36.8 Å². The number of carbonyl (C=O) groups excluding carboxylic acids is 1. The van der Waals surface area contributed by atoms with Gasteiger partial charge < -0.3 is 4.57 Å². The second-order valence-electron chi connectivity index (χ2n) is 5.75. The van der Waals surface area contributed by atoms with Crippen molar-refractivity contribution in [1.82, 2.24) is 4.57 Å². The molecule has 25 heavy (non-hydrogen) atoms. The maximum Gasteiger partial charge on any atom is 0.279 e. The molecule has 0 N–H and O–H groups in total. The van der Waals surface area contributed by atoms with E-state index in [9.17, 15) is 13.6 Å². The van der Waals surface area contributed by atoms with Gasteiger partial charge in [0.15, 0.2) is 0 Å². The minimum Gasteiger partial charge on any atom is -0.328 e. The summed E-state index contributed by atoms with van der Waals surface area (Å²) in [5, 5.41) is 0. The molecular formula is C20H16F2N2O. The zero-order valence-corrected chi connectivity index (χ0v) is 13.6. The number of aryl methyl sites for hydroxylation is 1. The maximum absolute atomic E-state index is 13.3. The predicted molar refractivity (Wildman–Crippen MR) is 91.0 cm³/mol.